The fraction of sp³-hybridized carbons (Fsp3) is 0.0980. The predicted octanol–water partition coefficient (Wildman–Crippen LogP) is 12.5. The van der Waals surface area contributed by atoms with Gasteiger partial charge < -0.3 is 9.80 Å². The molecule has 0 saturated heterocycles. The van der Waals surface area contributed by atoms with Crippen molar-refractivity contribution < 1.29 is 0 Å². The fourth-order valence-electron chi connectivity index (χ4n) is 8.49. The molecule has 53 heavy (non-hydrogen) atoms. The first kappa shape index (κ1) is 32.5. The quantitative estimate of drug-likeness (QED) is 0.173. The highest BCUT2D eigenvalue weighted by Gasteiger charge is 2.46. The van der Waals surface area contributed by atoms with E-state index in [0.717, 1.165) is 30.8 Å². The maximum absolute atomic E-state index is 2.43. The third kappa shape index (κ3) is 5.77. The molecule has 0 saturated carbocycles. The molecule has 6 aromatic rings. The number of anilines is 4. The third-order valence-electron chi connectivity index (χ3n) is 11.1. The molecule has 2 heteroatoms. The summed E-state index contributed by atoms with van der Waals surface area (Å²) >= 11 is 0. The molecule has 0 fully saturated rings. The van der Waals surface area contributed by atoms with E-state index in [0.29, 0.717) is 0 Å². The van der Waals surface area contributed by atoms with Crippen LogP contribution in [0.1, 0.15) is 34.2 Å². The highest BCUT2D eigenvalue weighted by molar-refractivity contribution is 5.89. The Hall–Kier alpha value is -6.38. The zero-order chi connectivity index (χ0) is 35.6. The highest BCUT2D eigenvalue weighted by atomic mass is 15.1. The van der Waals surface area contributed by atoms with Crippen LogP contribution in [0.25, 0.3) is 16.7 Å². The average Bonchev–Trinajstić information content (AvgIpc) is 3.31. The molecule has 1 unspecified atom stereocenters. The molecule has 256 valence electrons. The van der Waals surface area contributed by atoms with Crippen LogP contribution in [-0.4, -0.2) is 13.6 Å². The third-order valence-corrected chi connectivity index (χ3v) is 11.1. The number of rotatable bonds is 6. The fourth-order valence-corrected chi connectivity index (χ4v) is 8.49. The summed E-state index contributed by atoms with van der Waals surface area (Å²) in [6.45, 7) is 0.800. The van der Waals surface area contributed by atoms with Crippen LogP contribution < -0.4 is 9.80 Å². The van der Waals surface area contributed by atoms with E-state index in [2.05, 4.69) is 217 Å². The van der Waals surface area contributed by atoms with Gasteiger partial charge in [-0.15, -0.1) is 0 Å². The van der Waals surface area contributed by atoms with Crippen LogP contribution in [-0.2, 0) is 11.8 Å². The smallest absolute Gasteiger partial charge is 0.0714 e. The van der Waals surface area contributed by atoms with Gasteiger partial charge in [-0.3, -0.25) is 0 Å². The molecule has 0 N–H and O–H groups in total. The lowest BCUT2D eigenvalue weighted by molar-refractivity contribution is 0.767. The van der Waals surface area contributed by atoms with Crippen molar-refractivity contribution in [2.75, 3.05) is 23.4 Å². The van der Waals surface area contributed by atoms with Crippen LogP contribution in [0, 0.1) is 0 Å². The summed E-state index contributed by atoms with van der Waals surface area (Å²) in [7, 11) is 2.19. The molecule has 1 aliphatic heterocycles. The van der Waals surface area contributed by atoms with E-state index in [9.17, 15) is 0 Å². The van der Waals surface area contributed by atoms with Crippen LogP contribution in [0.5, 0.6) is 0 Å². The molecule has 0 bridgehead atoms. The second-order valence-electron chi connectivity index (χ2n) is 14.0. The number of benzene rings is 6. The number of hydrogen-bond donors (Lipinski definition) is 0. The molecule has 1 atom stereocenters. The van der Waals surface area contributed by atoms with Crippen molar-refractivity contribution in [3.05, 3.63) is 234 Å². The molecule has 9 rings (SSSR count). The Kier molecular flexibility index (Phi) is 8.57. The van der Waals surface area contributed by atoms with Gasteiger partial charge in [0, 0.05) is 36.3 Å². The monoisotopic (exact) mass is 682 g/mol. The van der Waals surface area contributed by atoms with Crippen LogP contribution in [0.15, 0.2) is 206 Å². The van der Waals surface area contributed by atoms with Crippen molar-refractivity contribution >= 4 is 28.3 Å². The van der Waals surface area contributed by atoms with E-state index in [4.69, 9.17) is 0 Å². The van der Waals surface area contributed by atoms with Crippen molar-refractivity contribution in [3.8, 4) is 11.1 Å². The number of para-hydroxylation sites is 2. The summed E-state index contributed by atoms with van der Waals surface area (Å²) in [4.78, 5) is 4.73. The maximum Gasteiger partial charge on any atom is 0.0714 e. The van der Waals surface area contributed by atoms with Crippen molar-refractivity contribution in [2.24, 2.45) is 0 Å². The maximum atomic E-state index is 2.43. The van der Waals surface area contributed by atoms with Gasteiger partial charge in [0.15, 0.2) is 0 Å². The van der Waals surface area contributed by atoms with Gasteiger partial charge in [0.05, 0.1) is 5.41 Å². The molecule has 2 nitrogen and oxygen atoms in total. The number of allylic oxidation sites excluding steroid dienone is 9. The summed E-state index contributed by atoms with van der Waals surface area (Å²) < 4.78 is 0. The largest absolute Gasteiger partial charge is 0.345 e. The predicted molar refractivity (Wildman–Crippen MR) is 224 cm³/mol. The Bertz CT molecular complexity index is 2430. The molecule has 1 heterocycles. The first-order chi connectivity index (χ1) is 26.2. The molecule has 0 spiro atoms. The van der Waals surface area contributed by atoms with Crippen LogP contribution in [0.3, 0.4) is 0 Å². The van der Waals surface area contributed by atoms with Crippen LogP contribution in [0.2, 0.25) is 0 Å². The van der Waals surface area contributed by atoms with E-state index < -0.39 is 5.41 Å². The lowest BCUT2D eigenvalue weighted by atomic mass is 9.67. The van der Waals surface area contributed by atoms with Crippen LogP contribution in [0.4, 0.5) is 22.7 Å². The van der Waals surface area contributed by atoms with E-state index in [1.54, 1.807) is 0 Å². The minimum atomic E-state index is -0.427. The van der Waals surface area contributed by atoms with Gasteiger partial charge in [-0.2, -0.15) is 0 Å². The van der Waals surface area contributed by atoms with E-state index in [-0.39, 0.29) is 0 Å². The lowest BCUT2D eigenvalue weighted by Gasteiger charge is -2.35. The molecule has 6 aromatic carbocycles. The first-order valence-electron chi connectivity index (χ1n) is 18.7. The summed E-state index contributed by atoms with van der Waals surface area (Å²) in [6, 6.07) is 55.6. The molecular formula is C51H42N2. The molecule has 0 amide bonds. The zero-order valence-corrected chi connectivity index (χ0v) is 30.1. The summed E-state index contributed by atoms with van der Waals surface area (Å²) in [5.74, 6) is 0. The van der Waals surface area contributed by atoms with Crippen molar-refractivity contribution in [1.29, 1.82) is 0 Å². The van der Waals surface area contributed by atoms with Gasteiger partial charge in [-0.05, 0) is 105 Å². The van der Waals surface area contributed by atoms with Gasteiger partial charge in [0.2, 0.25) is 0 Å². The molecule has 0 radical (unpaired) electrons. The van der Waals surface area contributed by atoms with E-state index in [1.165, 1.54) is 61.5 Å². The number of nitrogens with zero attached hydrogens (tertiary/aromatic N) is 2. The van der Waals surface area contributed by atoms with Gasteiger partial charge in [-0.25, -0.2) is 0 Å². The van der Waals surface area contributed by atoms with Gasteiger partial charge in [0.1, 0.15) is 0 Å². The van der Waals surface area contributed by atoms with Crippen molar-refractivity contribution in [3.63, 3.8) is 0 Å². The van der Waals surface area contributed by atoms with Crippen LogP contribution >= 0.6 is 0 Å². The second kappa shape index (κ2) is 14.0. The summed E-state index contributed by atoms with van der Waals surface area (Å²) in [5, 5.41) is 0. The minimum absolute atomic E-state index is 0.427. The van der Waals surface area contributed by atoms with E-state index in [1.807, 2.05) is 0 Å². The zero-order valence-electron chi connectivity index (χ0n) is 30.1. The summed E-state index contributed by atoms with van der Waals surface area (Å²) in [5.41, 5.74) is 16.0. The SMILES string of the molecule is CN(c1ccc(C2=C/Cc3ccccc3N(c3ccccc3)C/C=C\2)cc1)c1ccc2c(c1)C(C1=CC=CCC=C1)(c1ccccc1)c1ccccc1-2. The molecule has 2 aliphatic carbocycles. The standard InChI is InChI=1S/C51H42N2/c1-52(43-32-30-39(31-33-43)38-18-16-36-53(44-23-10-5-11-24-44)50-27-15-12-17-40(50)29-28-38)45-34-35-47-46-25-13-14-26-48(46)51(49(47)37-45,42-21-8-4-9-22-42)41-19-6-2-3-7-20-41/h2,4-28,30-35,37H,3,29,36H2,1H3/b18-16-,38-28+. The van der Waals surface area contributed by atoms with E-state index >= 15 is 0 Å². The van der Waals surface area contributed by atoms with Crippen molar-refractivity contribution in [2.45, 2.75) is 18.3 Å². The Morgan fingerprint density at radius 2 is 1.32 bits per heavy atom. The summed E-state index contributed by atoms with van der Waals surface area (Å²) in [6.07, 6.45) is 20.1. The molecule has 0 aromatic heterocycles. The van der Waals surface area contributed by atoms with Gasteiger partial charge in [0.25, 0.3) is 0 Å². The number of hydrogen-bond acceptors (Lipinski definition) is 2. The Morgan fingerprint density at radius 1 is 0.604 bits per heavy atom. The minimum Gasteiger partial charge on any atom is -0.345 e. The normalized spacial score (nSPS) is 18.9. The van der Waals surface area contributed by atoms with Gasteiger partial charge >= 0.3 is 0 Å². The lowest BCUT2D eigenvalue weighted by Crippen LogP contribution is -2.29. The Balaban J connectivity index is 1.07. The Labute approximate surface area is 313 Å². The van der Waals surface area contributed by atoms with Gasteiger partial charge in [-0.1, -0.05) is 158 Å². The first-order valence-corrected chi connectivity index (χ1v) is 18.7. The molecule has 3 aliphatic rings. The Morgan fingerprint density at radius 3 is 2.17 bits per heavy atom. The topological polar surface area (TPSA) is 6.48 Å². The average molecular weight is 683 g/mol. The van der Waals surface area contributed by atoms with Crippen molar-refractivity contribution in [1.82, 2.24) is 0 Å². The highest BCUT2D eigenvalue weighted by Crippen LogP contribution is 2.57. The number of fused-ring (bicyclic) bond motifs is 4. The second-order valence-corrected chi connectivity index (χ2v) is 14.0. The molecular weight excluding hydrogens is 641 g/mol.